The van der Waals surface area contributed by atoms with E-state index in [2.05, 4.69) is 21.4 Å². The second kappa shape index (κ2) is 6.80. The number of hydrogen-bond acceptors (Lipinski definition) is 4. The molecule has 3 rings (SSSR count). The van der Waals surface area contributed by atoms with E-state index in [9.17, 15) is 13.2 Å². The lowest BCUT2D eigenvalue weighted by molar-refractivity contribution is -0.137. The standard InChI is InChI=1S/C20H16F3N3O/c1-4-19(2,3)18-26-25-17(27-18)15-7-5-6-8-16(15)24-14-11-9-13(10-12-14)20(21,22)23/h1,5-12,24H,2-3H3. The number of aromatic nitrogens is 2. The molecule has 3 aromatic rings. The highest BCUT2D eigenvalue weighted by Gasteiger charge is 2.30. The van der Waals surface area contributed by atoms with Crippen LogP contribution in [0.5, 0.6) is 0 Å². The molecule has 2 aromatic carbocycles. The van der Waals surface area contributed by atoms with Gasteiger partial charge in [-0.1, -0.05) is 18.1 Å². The number of benzene rings is 2. The molecule has 0 aliphatic carbocycles. The highest BCUT2D eigenvalue weighted by atomic mass is 19.4. The fourth-order valence-electron chi connectivity index (χ4n) is 2.32. The predicted octanol–water partition coefficient (Wildman–Crippen LogP) is 5.41. The molecule has 1 N–H and O–H groups in total. The van der Waals surface area contributed by atoms with Crippen LogP contribution in [0, 0.1) is 12.3 Å². The average Bonchev–Trinajstić information content (AvgIpc) is 3.13. The van der Waals surface area contributed by atoms with Gasteiger partial charge in [-0.05, 0) is 50.2 Å². The summed E-state index contributed by atoms with van der Waals surface area (Å²) >= 11 is 0. The van der Waals surface area contributed by atoms with Gasteiger partial charge < -0.3 is 9.73 Å². The Balaban J connectivity index is 1.90. The van der Waals surface area contributed by atoms with Crippen molar-refractivity contribution in [3.63, 3.8) is 0 Å². The Kier molecular flexibility index (Phi) is 4.66. The summed E-state index contributed by atoms with van der Waals surface area (Å²) < 4.78 is 43.8. The maximum absolute atomic E-state index is 12.7. The monoisotopic (exact) mass is 371 g/mol. The molecule has 1 aromatic heterocycles. The summed E-state index contributed by atoms with van der Waals surface area (Å²) in [5.74, 6) is 3.17. The predicted molar refractivity (Wildman–Crippen MR) is 96.3 cm³/mol. The summed E-state index contributed by atoms with van der Waals surface area (Å²) in [5, 5.41) is 11.1. The molecule has 0 saturated heterocycles. The van der Waals surface area contributed by atoms with E-state index in [0.29, 0.717) is 22.8 Å². The van der Waals surface area contributed by atoms with E-state index < -0.39 is 17.2 Å². The number of para-hydroxylation sites is 1. The van der Waals surface area contributed by atoms with E-state index in [1.807, 2.05) is 0 Å². The van der Waals surface area contributed by atoms with E-state index in [1.54, 1.807) is 38.1 Å². The Morgan fingerprint density at radius 1 is 1.00 bits per heavy atom. The first-order chi connectivity index (χ1) is 12.7. The minimum Gasteiger partial charge on any atom is -0.419 e. The van der Waals surface area contributed by atoms with Crippen LogP contribution in [0.3, 0.4) is 0 Å². The number of nitrogens with zero attached hydrogens (tertiary/aromatic N) is 2. The van der Waals surface area contributed by atoms with Crippen molar-refractivity contribution >= 4 is 11.4 Å². The van der Waals surface area contributed by atoms with Gasteiger partial charge in [0.25, 0.3) is 0 Å². The Bertz CT molecular complexity index is 983. The molecular formula is C20H16F3N3O. The third-order valence-corrected chi connectivity index (χ3v) is 3.97. The number of hydrogen-bond donors (Lipinski definition) is 1. The molecule has 4 nitrogen and oxygen atoms in total. The third-order valence-electron chi connectivity index (χ3n) is 3.97. The lowest BCUT2D eigenvalue weighted by Crippen LogP contribution is -2.14. The first kappa shape index (κ1) is 18.5. The molecule has 0 aliphatic rings. The molecule has 0 amide bonds. The highest BCUT2D eigenvalue weighted by molar-refractivity contribution is 5.76. The van der Waals surface area contributed by atoms with E-state index in [0.717, 1.165) is 12.1 Å². The van der Waals surface area contributed by atoms with Gasteiger partial charge in [0.15, 0.2) is 0 Å². The van der Waals surface area contributed by atoms with Gasteiger partial charge in [0.05, 0.1) is 16.8 Å². The molecule has 0 atom stereocenters. The van der Waals surface area contributed by atoms with Crippen molar-refractivity contribution in [1.29, 1.82) is 0 Å². The van der Waals surface area contributed by atoms with E-state index in [4.69, 9.17) is 10.8 Å². The summed E-state index contributed by atoms with van der Waals surface area (Å²) in [6, 6.07) is 11.9. The SMILES string of the molecule is C#CC(C)(C)c1nnc(-c2ccccc2Nc2ccc(C(F)(F)F)cc2)o1. The highest BCUT2D eigenvalue weighted by Crippen LogP contribution is 2.33. The number of terminal acetylenes is 1. The van der Waals surface area contributed by atoms with Crippen LogP contribution in [0.2, 0.25) is 0 Å². The van der Waals surface area contributed by atoms with E-state index in [1.165, 1.54) is 12.1 Å². The van der Waals surface area contributed by atoms with Crippen molar-refractivity contribution in [3.05, 3.63) is 60.0 Å². The first-order valence-corrected chi connectivity index (χ1v) is 8.06. The maximum Gasteiger partial charge on any atom is 0.416 e. The zero-order valence-corrected chi connectivity index (χ0v) is 14.6. The lowest BCUT2D eigenvalue weighted by Gasteiger charge is -2.12. The summed E-state index contributed by atoms with van der Waals surface area (Å²) in [5.41, 5.74) is 0.314. The molecule has 0 fully saturated rings. The summed E-state index contributed by atoms with van der Waals surface area (Å²) in [7, 11) is 0. The molecule has 27 heavy (non-hydrogen) atoms. The molecule has 0 spiro atoms. The van der Waals surface area contributed by atoms with Crippen LogP contribution < -0.4 is 5.32 Å². The van der Waals surface area contributed by atoms with Gasteiger partial charge in [-0.25, -0.2) is 0 Å². The quantitative estimate of drug-likeness (QED) is 0.623. The Morgan fingerprint density at radius 3 is 2.30 bits per heavy atom. The third kappa shape index (κ3) is 3.95. The normalized spacial score (nSPS) is 11.9. The summed E-state index contributed by atoms with van der Waals surface area (Å²) in [6.07, 6.45) is 1.12. The summed E-state index contributed by atoms with van der Waals surface area (Å²) in [6.45, 7) is 3.58. The second-order valence-electron chi connectivity index (χ2n) is 6.43. The van der Waals surface area contributed by atoms with Gasteiger partial charge in [-0.2, -0.15) is 13.2 Å². The van der Waals surface area contributed by atoms with Gasteiger partial charge in [0.1, 0.15) is 5.41 Å². The van der Waals surface area contributed by atoms with E-state index >= 15 is 0 Å². The fraction of sp³-hybridized carbons (Fsp3) is 0.200. The smallest absolute Gasteiger partial charge is 0.416 e. The number of halogens is 3. The molecule has 0 saturated carbocycles. The van der Waals surface area contributed by atoms with Crippen molar-refractivity contribution in [2.75, 3.05) is 5.32 Å². The fourth-order valence-corrected chi connectivity index (χ4v) is 2.32. The second-order valence-corrected chi connectivity index (χ2v) is 6.43. The molecular weight excluding hydrogens is 355 g/mol. The lowest BCUT2D eigenvalue weighted by atomic mass is 9.95. The minimum absolute atomic E-state index is 0.267. The zero-order valence-electron chi connectivity index (χ0n) is 14.6. The van der Waals surface area contributed by atoms with E-state index in [-0.39, 0.29) is 5.89 Å². The molecule has 1 heterocycles. The van der Waals surface area contributed by atoms with Crippen LogP contribution in [0.25, 0.3) is 11.5 Å². The molecule has 0 unspecified atom stereocenters. The van der Waals surface area contributed by atoms with Gasteiger partial charge in [-0.15, -0.1) is 16.6 Å². The largest absolute Gasteiger partial charge is 0.419 e. The van der Waals surface area contributed by atoms with Crippen molar-refractivity contribution < 1.29 is 17.6 Å². The molecule has 0 bridgehead atoms. The first-order valence-electron chi connectivity index (χ1n) is 8.06. The minimum atomic E-state index is -4.37. The van der Waals surface area contributed by atoms with Crippen LogP contribution >= 0.6 is 0 Å². The van der Waals surface area contributed by atoms with Crippen LogP contribution in [-0.2, 0) is 11.6 Å². The van der Waals surface area contributed by atoms with Crippen molar-refractivity contribution in [1.82, 2.24) is 10.2 Å². The maximum atomic E-state index is 12.7. The topological polar surface area (TPSA) is 51.0 Å². The van der Waals surface area contributed by atoms with Crippen molar-refractivity contribution in [3.8, 4) is 23.8 Å². The molecule has 138 valence electrons. The van der Waals surface area contributed by atoms with Gasteiger partial charge >= 0.3 is 6.18 Å². The van der Waals surface area contributed by atoms with Crippen LogP contribution in [-0.4, -0.2) is 10.2 Å². The van der Waals surface area contributed by atoms with Crippen molar-refractivity contribution in [2.24, 2.45) is 0 Å². The Morgan fingerprint density at radius 2 is 1.67 bits per heavy atom. The number of alkyl halides is 3. The van der Waals surface area contributed by atoms with Gasteiger partial charge in [0.2, 0.25) is 11.8 Å². The Hall–Kier alpha value is -3.27. The zero-order chi connectivity index (χ0) is 19.7. The average molecular weight is 371 g/mol. The summed E-state index contributed by atoms with van der Waals surface area (Å²) in [4.78, 5) is 0. The molecule has 7 heteroatoms. The number of anilines is 2. The van der Waals surface area contributed by atoms with Crippen molar-refractivity contribution in [2.45, 2.75) is 25.4 Å². The number of rotatable bonds is 4. The molecule has 0 aliphatic heterocycles. The Labute approximate surface area is 154 Å². The van der Waals surface area contributed by atoms with Crippen LogP contribution in [0.4, 0.5) is 24.5 Å². The molecule has 0 radical (unpaired) electrons. The van der Waals surface area contributed by atoms with Gasteiger partial charge in [0, 0.05) is 5.69 Å². The van der Waals surface area contributed by atoms with Crippen LogP contribution in [0.15, 0.2) is 52.9 Å². The van der Waals surface area contributed by atoms with Gasteiger partial charge in [-0.3, -0.25) is 0 Å². The van der Waals surface area contributed by atoms with Crippen LogP contribution in [0.1, 0.15) is 25.3 Å². The number of nitrogens with one attached hydrogen (secondary N) is 1.